The molecule has 1 aromatic carbocycles. The van der Waals surface area contributed by atoms with E-state index >= 15 is 0 Å². The molecule has 2 aromatic rings. The summed E-state index contributed by atoms with van der Waals surface area (Å²) in [5, 5.41) is 0.585. The van der Waals surface area contributed by atoms with Gasteiger partial charge in [0.05, 0.1) is 17.4 Å². The van der Waals surface area contributed by atoms with Crippen LogP contribution < -0.4 is 5.56 Å². The number of para-hydroxylation sites is 1. The zero-order valence-corrected chi connectivity index (χ0v) is 18.5. The van der Waals surface area contributed by atoms with Crippen molar-refractivity contribution in [1.29, 1.82) is 0 Å². The first kappa shape index (κ1) is 19.3. The molecule has 0 radical (unpaired) electrons. The van der Waals surface area contributed by atoms with Crippen molar-refractivity contribution in [3.8, 4) is 0 Å². The minimum atomic E-state index is -0.142. The molecule has 5 nitrogen and oxygen atoms in total. The number of carbonyl (C=O) groups excluding carboxylic acids is 1. The Balaban J connectivity index is 1.35. The van der Waals surface area contributed by atoms with Crippen molar-refractivity contribution in [3.05, 3.63) is 40.4 Å². The van der Waals surface area contributed by atoms with Crippen LogP contribution in [-0.2, 0) is 11.3 Å². The Hall–Kier alpha value is -1.69. The van der Waals surface area contributed by atoms with Crippen molar-refractivity contribution >= 4 is 32.7 Å². The smallest absolute Gasteiger partial charge is 0.258 e. The monoisotopic (exact) mass is 457 g/mol. The molecule has 4 saturated carbocycles. The van der Waals surface area contributed by atoms with Gasteiger partial charge in [0.25, 0.3) is 5.56 Å². The number of hydrogen-bond donors (Lipinski definition) is 1. The lowest BCUT2D eigenvalue weighted by molar-refractivity contribution is -0.139. The topological polar surface area (TPSA) is 66.1 Å². The molecule has 0 saturated heterocycles. The van der Waals surface area contributed by atoms with Crippen LogP contribution in [0, 0.1) is 17.3 Å². The Morgan fingerprint density at radius 2 is 1.97 bits per heavy atom. The molecule has 0 aliphatic heterocycles. The van der Waals surface area contributed by atoms with Crippen molar-refractivity contribution in [2.24, 2.45) is 17.3 Å². The lowest BCUT2D eigenvalue weighted by atomic mass is 9.48. The summed E-state index contributed by atoms with van der Waals surface area (Å²) in [5.74, 6) is 2.31. The summed E-state index contributed by atoms with van der Waals surface area (Å²) in [5.41, 5.74) is 0.691. The number of aromatic amines is 1. The second-order valence-corrected chi connectivity index (χ2v) is 11.4. The third-order valence-corrected chi connectivity index (χ3v) is 8.30. The van der Waals surface area contributed by atoms with E-state index in [2.05, 4.69) is 25.9 Å². The number of H-pyrrole nitrogens is 1. The minimum Gasteiger partial charge on any atom is -0.335 e. The number of halogens is 1. The van der Waals surface area contributed by atoms with Crippen molar-refractivity contribution in [2.45, 2.75) is 62.7 Å². The third kappa shape index (κ3) is 3.54. The molecule has 4 fully saturated rings. The van der Waals surface area contributed by atoms with E-state index in [4.69, 9.17) is 0 Å². The fourth-order valence-corrected chi connectivity index (χ4v) is 8.25. The average molecular weight is 458 g/mol. The number of carbonyl (C=O) groups is 1. The van der Waals surface area contributed by atoms with E-state index in [0.29, 0.717) is 36.2 Å². The Morgan fingerprint density at radius 3 is 2.66 bits per heavy atom. The third-order valence-electron chi connectivity index (χ3n) is 7.37. The first-order valence-electron chi connectivity index (χ1n) is 10.8. The SMILES string of the molecule is CCN(Cc1nc2ccccc2c(=O)[nH]1)C(=O)CC12CC3CC(CC(Br)(C3)C1)C2. The van der Waals surface area contributed by atoms with Crippen LogP contribution in [0.25, 0.3) is 10.9 Å². The quantitative estimate of drug-likeness (QED) is 0.676. The van der Waals surface area contributed by atoms with Crippen LogP contribution >= 0.6 is 15.9 Å². The molecule has 6 heteroatoms. The normalized spacial score (nSPS) is 32.6. The van der Waals surface area contributed by atoms with Gasteiger partial charge in [-0.1, -0.05) is 28.1 Å². The molecular formula is C23H28BrN3O2. The molecule has 4 aliphatic carbocycles. The van der Waals surface area contributed by atoms with Gasteiger partial charge in [0.15, 0.2) is 0 Å². The first-order chi connectivity index (χ1) is 13.9. The van der Waals surface area contributed by atoms with Crippen molar-refractivity contribution in [2.75, 3.05) is 6.54 Å². The van der Waals surface area contributed by atoms with Crippen LogP contribution in [0.5, 0.6) is 0 Å². The maximum Gasteiger partial charge on any atom is 0.258 e. The van der Waals surface area contributed by atoms with E-state index in [1.54, 1.807) is 6.07 Å². The lowest BCUT2D eigenvalue weighted by Crippen LogP contribution is -2.54. The van der Waals surface area contributed by atoms with E-state index in [1.807, 2.05) is 30.0 Å². The Morgan fingerprint density at radius 1 is 1.24 bits per heavy atom. The fraction of sp³-hybridized carbons (Fsp3) is 0.609. The first-order valence-corrected chi connectivity index (χ1v) is 11.6. The highest BCUT2D eigenvalue weighted by atomic mass is 79.9. The van der Waals surface area contributed by atoms with E-state index in [-0.39, 0.29) is 21.2 Å². The minimum absolute atomic E-state index is 0.142. The van der Waals surface area contributed by atoms with Crippen LogP contribution in [0.15, 0.2) is 29.1 Å². The predicted molar refractivity (Wildman–Crippen MR) is 117 cm³/mol. The Kier molecular flexibility index (Phi) is 4.61. The van der Waals surface area contributed by atoms with Gasteiger partial charge in [-0.3, -0.25) is 9.59 Å². The molecule has 0 spiro atoms. The van der Waals surface area contributed by atoms with E-state index < -0.39 is 0 Å². The number of benzene rings is 1. The van der Waals surface area contributed by atoms with Gasteiger partial charge in [-0.25, -0.2) is 4.98 Å². The summed E-state index contributed by atoms with van der Waals surface area (Å²) < 4.78 is 0.263. The van der Waals surface area contributed by atoms with Gasteiger partial charge in [-0.15, -0.1) is 0 Å². The van der Waals surface area contributed by atoms with Gasteiger partial charge >= 0.3 is 0 Å². The van der Waals surface area contributed by atoms with Crippen molar-refractivity contribution < 1.29 is 4.79 Å². The average Bonchev–Trinajstić information content (AvgIpc) is 2.63. The number of nitrogens with one attached hydrogen (secondary N) is 1. The summed E-state index contributed by atoms with van der Waals surface area (Å²) in [6.45, 7) is 2.98. The Bertz CT molecular complexity index is 1000. The van der Waals surface area contributed by atoms with Gasteiger partial charge < -0.3 is 9.88 Å². The van der Waals surface area contributed by atoms with E-state index in [0.717, 1.165) is 18.3 Å². The standard InChI is InChI=1S/C23H28BrN3O2/c1-2-27(13-19-25-18-6-4-3-5-17(18)21(29)26-19)20(28)12-22-8-15-7-16(9-22)11-23(24,10-15)14-22/h3-6,15-16H,2,7-14H2,1H3,(H,25,26,29). The molecule has 2 unspecified atom stereocenters. The van der Waals surface area contributed by atoms with Gasteiger partial charge in [0.1, 0.15) is 5.82 Å². The largest absolute Gasteiger partial charge is 0.335 e. The molecule has 2 atom stereocenters. The van der Waals surface area contributed by atoms with E-state index in [9.17, 15) is 9.59 Å². The van der Waals surface area contributed by atoms with Crippen LogP contribution in [0.2, 0.25) is 0 Å². The number of alkyl halides is 1. The van der Waals surface area contributed by atoms with Gasteiger partial charge in [0, 0.05) is 17.3 Å². The molecular weight excluding hydrogens is 430 g/mol. The maximum absolute atomic E-state index is 13.3. The fourth-order valence-electron chi connectivity index (χ4n) is 6.74. The molecule has 1 N–H and O–H groups in total. The summed E-state index contributed by atoms with van der Waals surface area (Å²) >= 11 is 4.05. The predicted octanol–water partition coefficient (Wildman–Crippen LogP) is 4.40. The summed E-state index contributed by atoms with van der Waals surface area (Å²) in [6.07, 6.45) is 8.05. The molecule has 1 heterocycles. The van der Waals surface area contributed by atoms with Crippen molar-refractivity contribution in [3.63, 3.8) is 0 Å². The molecule has 6 rings (SSSR count). The second-order valence-electron chi connectivity index (χ2n) is 9.73. The summed E-state index contributed by atoms with van der Waals surface area (Å²) in [6, 6.07) is 7.33. The van der Waals surface area contributed by atoms with Crippen LogP contribution in [-0.4, -0.2) is 31.6 Å². The summed E-state index contributed by atoms with van der Waals surface area (Å²) in [7, 11) is 0. The zero-order chi connectivity index (χ0) is 20.2. The van der Waals surface area contributed by atoms with E-state index in [1.165, 1.54) is 32.1 Å². The Labute approximate surface area is 179 Å². The van der Waals surface area contributed by atoms with Gasteiger partial charge in [-0.2, -0.15) is 0 Å². The number of fused-ring (bicyclic) bond motifs is 1. The number of aromatic nitrogens is 2. The molecule has 1 amide bonds. The van der Waals surface area contributed by atoms with Gasteiger partial charge in [-0.05, 0) is 74.8 Å². The van der Waals surface area contributed by atoms with Crippen LogP contribution in [0.1, 0.15) is 57.7 Å². The molecule has 154 valence electrons. The maximum atomic E-state index is 13.3. The zero-order valence-electron chi connectivity index (χ0n) is 16.9. The molecule has 1 aromatic heterocycles. The summed E-state index contributed by atoms with van der Waals surface area (Å²) in [4.78, 5) is 35.0. The highest BCUT2D eigenvalue weighted by Gasteiger charge is 2.57. The molecule has 29 heavy (non-hydrogen) atoms. The highest BCUT2D eigenvalue weighted by molar-refractivity contribution is 9.10. The van der Waals surface area contributed by atoms with Crippen LogP contribution in [0.3, 0.4) is 0 Å². The number of hydrogen-bond acceptors (Lipinski definition) is 3. The van der Waals surface area contributed by atoms with Gasteiger partial charge in [0.2, 0.25) is 5.91 Å². The molecule has 4 bridgehead atoms. The van der Waals surface area contributed by atoms with Crippen LogP contribution in [0.4, 0.5) is 0 Å². The number of rotatable bonds is 5. The molecule has 4 aliphatic rings. The number of amides is 1. The lowest BCUT2D eigenvalue weighted by Gasteiger charge is -2.60. The second kappa shape index (κ2) is 6.93. The van der Waals surface area contributed by atoms with Crippen molar-refractivity contribution in [1.82, 2.24) is 14.9 Å². The highest BCUT2D eigenvalue weighted by Crippen LogP contribution is 2.65. The number of nitrogens with zero attached hydrogens (tertiary/aromatic N) is 2.